The van der Waals surface area contributed by atoms with Gasteiger partial charge in [0.25, 0.3) is 0 Å². The molecule has 0 amide bonds. The van der Waals surface area contributed by atoms with Gasteiger partial charge in [-0.05, 0) is 50.4 Å². The Bertz CT molecular complexity index is 773. The third-order valence-electron chi connectivity index (χ3n) is 6.62. The molecule has 2 heterocycles. The summed E-state index contributed by atoms with van der Waals surface area (Å²) in [5.41, 5.74) is 2.20. The van der Waals surface area contributed by atoms with Crippen LogP contribution in [0.2, 0.25) is 0 Å². The van der Waals surface area contributed by atoms with Gasteiger partial charge >= 0.3 is 5.97 Å². The Morgan fingerprint density at radius 1 is 1.42 bits per heavy atom. The molecule has 5 heteroatoms. The molecule has 0 aromatic heterocycles. The van der Waals surface area contributed by atoms with E-state index in [4.69, 9.17) is 9.47 Å². The van der Waals surface area contributed by atoms with Crippen molar-refractivity contribution in [2.75, 3.05) is 13.6 Å². The fraction of sp³-hybridized carbons (Fsp3) is 0.579. The van der Waals surface area contributed by atoms with E-state index in [1.165, 1.54) is 12.5 Å². The molecule has 4 atom stereocenters. The number of carbonyl (C=O) groups is 2. The molecule has 0 radical (unpaired) electrons. The van der Waals surface area contributed by atoms with Crippen LogP contribution in [0.15, 0.2) is 12.1 Å². The van der Waals surface area contributed by atoms with Crippen molar-refractivity contribution in [1.82, 2.24) is 4.90 Å². The van der Waals surface area contributed by atoms with Crippen LogP contribution in [-0.4, -0.2) is 42.4 Å². The quantitative estimate of drug-likeness (QED) is 0.582. The highest BCUT2D eigenvalue weighted by molar-refractivity contribution is 5.89. The molecule has 1 saturated carbocycles. The van der Waals surface area contributed by atoms with E-state index < -0.39 is 6.10 Å². The minimum absolute atomic E-state index is 0.201. The molecule has 24 heavy (non-hydrogen) atoms. The summed E-state index contributed by atoms with van der Waals surface area (Å²) in [7, 11) is 2.19. The molecular formula is C19H21NO4. The highest BCUT2D eigenvalue weighted by Crippen LogP contribution is 2.63. The molecule has 1 aromatic rings. The summed E-state index contributed by atoms with van der Waals surface area (Å²) in [5.74, 6) is 1.40. The number of ether oxygens (including phenoxy) is 2. The Balaban J connectivity index is 1.76. The van der Waals surface area contributed by atoms with Crippen LogP contribution in [0.5, 0.6) is 11.5 Å². The van der Waals surface area contributed by atoms with Crippen LogP contribution >= 0.6 is 0 Å². The predicted octanol–water partition coefficient (Wildman–Crippen LogP) is 1.85. The molecule has 4 aliphatic rings. The topological polar surface area (TPSA) is 55.8 Å². The average Bonchev–Trinajstić information content (AvgIpc) is 2.89. The van der Waals surface area contributed by atoms with E-state index in [9.17, 15) is 9.59 Å². The maximum absolute atomic E-state index is 12.7. The van der Waals surface area contributed by atoms with Crippen molar-refractivity contribution in [1.29, 1.82) is 0 Å². The number of ketones is 1. The van der Waals surface area contributed by atoms with E-state index in [-0.39, 0.29) is 17.2 Å². The van der Waals surface area contributed by atoms with Gasteiger partial charge in [0.05, 0.1) is 0 Å². The largest absolute Gasteiger partial charge is 0.477 e. The molecule has 2 aliphatic heterocycles. The van der Waals surface area contributed by atoms with Crippen molar-refractivity contribution in [2.45, 2.75) is 50.2 Å². The number of esters is 1. The van der Waals surface area contributed by atoms with Crippen molar-refractivity contribution in [3.05, 3.63) is 23.3 Å². The van der Waals surface area contributed by atoms with Gasteiger partial charge < -0.3 is 14.4 Å². The number of nitrogens with zero attached hydrogens (tertiary/aromatic N) is 1. The Hall–Kier alpha value is -1.88. The van der Waals surface area contributed by atoms with Crippen LogP contribution in [-0.2, 0) is 21.4 Å². The van der Waals surface area contributed by atoms with Gasteiger partial charge in [-0.2, -0.15) is 0 Å². The molecule has 0 N–H and O–H groups in total. The molecule has 5 rings (SSSR count). The summed E-state index contributed by atoms with van der Waals surface area (Å²) in [6.07, 6.45) is 3.04. The lowest BCUT2D eigenvalue weighted by Gasteiger charge is -2.57. The van der Waals surface area contributed by atoms with Crippen LogP contribution in [0.4, 0.5) is 0 Å². The lowest BCUT2D eigenvalue weighted by molar-refractivity contribution is -0.138. The van der Waals surface area contributed by atoms with E-state index in [2.05, 4.69) is 18.0 Å². The van der Waals surface area contributed by atoms with Crippen LogP contribution in [0, 0.1) is 5.92 Å². The summed E-state index contributed by atoms with van der Waals surface area (Å²) in [6, 6.07) is 4.35. The van der Waals surface area contributed by atoms with E-state index in [0.717, 1.165) is 31.4 Å². The third kappa shape index (κ3) is 1.59. The number of likely N-dealkylation sites (N-methyl/N-ethyl adjacent to an activating group) is 1. The summed E-state index contributed by atoms with van der Waals surface area (Å²) >= 11 is 0. The molecule has 0 unspecified atom stereocenters. The predicted molar refractivity (Wildman–Crippen MR) is 86.3 cm³/mol. The van der Waals surface area contributed by atoms with Gasteiger partial charge in [0.15, 0.2) is 23.4 Å². The lowest BCUT2D eigenvalue weighted by Crippen LogP contribution is -2.65. The first-order valence-corrected chi connectivity index (χ1v) is 8.77. The molecule has 126 valence electrons. The molecule has 2 aliphatic carbocycles. The number of carbonyl (C=O) groups excluding carboxylic acids is 2. The highest BCUT2D eigenvalue weighted by atomic mass is 16.6. The molecule has 5 nitrogen and oxygen atoms in total. The van der Waals surface area contributed by atoms with Crippen molar-refractivity contribution < 1.29 is 19.1 Å². The first kappa shape index (κ1) is 14.5. The van der Waals surface area contributed by atoms with Gasteiger partial charge in [0.1, 0.15) is 0 Å². The number of rotatable bonds is 1. The van der Waals surface area contributed by atoms with E-state index in [0.29, 0.717) is 29.9 Å². The average molecular weight is 327 g/mol. The van der Waals surface area contributed by atoms with E-state index in [1.807, 2.05) is 6.07 Å². The Kier molecular flexibility index (Phi) is 2.77. The number of likely N-dealkylation sites (tertiary alicyclic amines) is 1. The van der Waals surface area contributed by atoms with E-state index >= 15 is 0 Å². The van der Waals surface area contributed by atoms with Gasteiger partial charge in [-0.3, -0.25) is 9.59 Å². The Morgan fingerprint density at radius 3 is 3.04 bits per heavy atom. The van der Waals surface area contributed by atoms with Gasteiger partial charge in [-0.1, -0.05) is 6.07 Å². The number of benzene rings is 1. The second-order valence-corrected chi connectivity index (χ2v) is 7.67. The highest BCUT2D eigenvalue weighted by Gasteiger charge is 2.65. The van der Waals surface area contributed by atoms with Crippen LogP contribution in [0.25, 0.3) is 0 Å². The van der Waals surface area contributed by atoms with Crippen LogP contribution in [0.3, 0.4) is 0 Å². The summed E-state index contributed by atoms with van der Waals surface area (Å²) < 4.78 is 11.6. The monoisotopic (exact) mass is 327 g/mol. The van der Waals surface area contributed by atoms with Crippen molar-refractivity contribution in [2.24, 2.45) is 5.92 Å². The molecule has 2 bridgehead atoms. The maximum Gasteiger partial charge on any atom is 0.308 e. The second kappa shape index (κ2) is 4.60. The molecule has 1 aromatic carbocycles. The zero-order valence-corrected chi connectivity index (χ0v) is 14.0. The first-order chi connectivity index (χ1) is 11.5. The zero-order valence-electron chi connectivity index (χ0n) is 14.0. The first-order valence-electron chi connectivity index (χ1n) is 8.77. The van der Waals surface area contributed by atoms with E-state index in [1.54, 1.807) is 0 Å². The van der Waals surface area contributed by atoms with Crippen LogP contribution in [0.1, 0.15) is 37.3 Å². The van der Waals surface area contributed by atoms with Gasteiger partial charge in [0.2, 0.25) is 0 Å². The zero-order chi connectivity index (χ0) is 16.6. The number of hydrogen-bond donors (Lipinski definition) is 0. The lowest BCUT2D eigenvalue weighted by atomic mass is 9.52. The number of piperidine rings is 1. The fourth-order valence-corrected chi connectivity index (χ4v) is 5.75. The van der Waals surface area contributed by atoms with Gasteiger partial charge in [0, 0.05) is 30.4 Å². The third-order valence-corrected chi connectivity index (χ3v) is 6.62. The Labute approximate surface area is 140 Å². The minimum atomic E-state index is -0.404. The Morgan fingerprint density at radius 2 is 2.25 bits per heavy atom. The molecule has 1 spiro atoms. The standard InChI is InChI=1S/C19H21NO4/c1-10(21)23-15-6-3-11-9-13-12-4-5-14(22)18-19(12,7-8-20(13)2)16(11)17(15)24-18/h3,6,12-13,18H,4-5,7-9H2,1-2H3/t12-,13+,18-,19-/m0/s1. The molecule has 1 saturated heterocycles. The van der Waals surface area contributed by atoms with Gasteiger partial charge in [-0.25, -0.2) is 0 Å². The van der Waals surface area contributed by atoms with Crippen molar-refractivity contribution in [3.63, 3.8) is 0 Å². The van der Waals surface area contributed by atoms with Crippen molar-refractivity contribution >= 4 is 11.8 Å². The normalized spacial score (nSPS) is 36.1. The summed E-state index contributed by atoms with van der Waals surface area (Å²) in [4.78, 5) is 26.6. The molecular weight excluding hydrogens is 306 g/mol. The number of Topliss-reactive ketones (excluding diaryl/α,β-unsaturated/α-hetero) is 1. The summed E-state index contributed by atoms with van der Waals surface area (Å²) in [5, 5.41) is 0. The SMILES string of the molecule is CC(=O)Oc1ccc2c3c1O[C@H]1C(=O)CC[C@H]4[C@@H](C2)N(C)CC[C@]314. The summed E-state index contributed by atoms with van der Waals surface area (Å²) in [6.45, 7) is 2.37. The fourth-order valence-electron chi connectivity index (χ4n) is 5.75. The smallest absolute Gasteiger partial charge is 0.308 e. The van der Waals surface area contributed by atoms with Crippen LogP contribution < -0.4 is 9.47 Å². The van der Waals surface area contributed by atoms with Crippen molar-refractivity contribution in [3.8, 4) is 11.5 Å². The minimum Gasteiger partial charge on any atom is -0.477 e. The van der Waals surface area contributed by atoms with Gasteiger partial charge in [-0.15, -0.1) is 0 Å². The number of hydrogen-bond acceptors (Lipinski definition) is 5. The maximum atomic E-state index is 12.7. The second-order valence-electron chi connectivity index (χ2n) is 7.67. The molecule has 2 fully saturated rings.